The Hall–Kier alpha value is -2.87. The summed E-state index contributed by atoms with van der Waals surface area (Å²) in [6, 6.07) is 5.68. The first-order chi connectivity index (χ1) is 12.8. The molecule has 1 aliphatic rings. The van der Waals surface area contributed by atoms with E-state index in [0.717, 1.165) is 36.3 Å². The van der Waals surface area contributed by atoms with Crippen LogP contribution >= 0.6 is 0 Å². The second-order valence-electron chi connectivity index (χ2n) is 5.95. The zero-order chi connectivity index (χ0) is 18.2. The maximum atomic E-state index is 12.3. The van der Waals surface area contributed by atoms with Gasteiger partial charge in [0.1, 0.15) is 6.29 Å². The van der Waals surface area contributed by atoms with E-state index in [1.807, 2.05) is 29.0 Å². The van der Waals surface area contributed by atoms with Gasteiger partial charge in [-0.25, -0.2) is 4.98 Å². The molecule has 0 saturated carbocycles. The molecule has 138 valence electrons. The van der Waals surface area contributed by atoms with E-state index in [1.54, 1.807) is 17.4 Å². The number of aromatic nitrogens is 2. The van der Waals surface area contributed by atoms with Crippen LogP contribution in [0.5, 0.6) is 11.5 Å². The number of amides is 1. The zero-order valence-electron chi connectivity index (χ0n) is 14.5. The lowest BCUT2D eigenvalue weighted by Gasteiger charge is -2.20. The quantitative estimate of drug-likeness (QED) is 0.633. The molecule has 0 spiro atoms. The van der Waals surface area contributed by atoms with Gasteiger partial charge in [-0.2, -0.15) is 0 Å². The minimum Gasteiger partial charge on any atom is -0.454 e. The molecule has 0 radical (unpaired) electrons. The van der Waals surface area contributed by atoms with Gasteiger partial charge in [0, 0.05) is 32.0 Å². The fourth-order valence-electron chi connectivity index (χ4n) is 2.75. The highest BCUT2D eigenvalue weighted by Crippen LogP contribution is 2.32. The summed E-state index contributed by atoms with van der Waals surface area (Å²) in [7, 11) is 0. The second-order valence-corrected chi connectivity index (χ2v) is 5.95. The number of carbonyl (C=O) groups is 2. The third-order valence-corrected chi connectivity index (χ3v) is 4.09. The van der Waals surface area contributed by atoms with Crippen LogP contribution in [0.2, 0.25) is 0 Å². The molecule has 26 heavy (non-hydrogen) atoms. The summed E-state index contributed by atoms with van der Waals surface area (Å²) < 4.78 is 12.6. The van der Waals surface area contributed by atoms with Gasteiger partial charge in [-0.3, -0.25) is 4.79 Å². The van der Waals surface area contributed by atoms with E-state index in [2.05, 4.69) is 10.3 Å². The number of fused-ring (bicyclic) bond motifs is 1. The van der Waals surface area contributed by atoms with Crippen LogP contribution in [0, 0.1) is 0 Å². The lowest BCUT2D eigenvalue weighted by molar-refractivity contribution is -0.132. The minimum atomic E-state index is -0.0940. The summed E-state index contributed by atoms with van der Waals surface area (Å²) in [5.41, 5.74) is 1.00. The van der Waals surface area contributed by atoms with Gasteiger partial charge in [-0.05, 0) is 24.1 Å². The number of rotatable bonds is 10. The number of benzene rings is 1. The third kappa shape index (κ3) is 4.82. The fraction of sp³-hybridized carbons (Fsp3) is 0.389. The van der Waals surface area contributed by atoms with Crippen molar-refractivity contribution in [3.05, 3.63) is 42.5 Å². The molecule has 0 aliphatic carbocycles. The highest BCUT2D eigenvalue weighted by molar-refractivity contribution is 5.80. The second kappa shape index (κ2) is 9.00. The van der Waals surface area contributed by atoms with Crippen LogP contribution in [0.1, 0.15) is 12.0 Å². The van der Waals surface area contributed by atoms with Crippen LogP contribution in [-0.2, 0) is 22.7 Å². The largest absolute Gasteiger partial charge is 0.454 e. The molecular formula is C18H22N4O4. The molecule has 8 heteroatoms. The van der Waals surface area contributed by atoms with Crippen LogP contribution in [0.4, 0.5) is 0 Å². The maximum Gasteiger partial charge on any atom is 0.236 e. The number of nitrogens with one attached hydrogen (secondary N) is 1. The first-order valence-electron chi connectivity index (χ1n) is 8.52. The van der Waals surface area contributed by atoms with E-state index < -0.39 is 0 Å². The number of hydrogen-bond donors (Lipinski definition) is 1. The van der Waals surface area contributed by atoms with Gasteiger partial charge in [0.2, 0.25) is 12.7 Å². The fourth-order valence-corrected chi connectivity index (χ4v) is 2.75. The number of aryl methyl sites for hydroxylation is 1. The number of imidazole rings is 1. The molecule has 1 aromatic carbocycles. The summed E-state index contributed by atoms with van der Waals surface area (Å²) in [4.78, 5) is 28.8. The molecule has 0 atom stereocenters. The van der Waals surface area contributed by atoms with Gasteiger partial charge >= 0.3 is 0 Å². The third-order valence-electron chi connectivity index (χ3n) is 4.09. The van der Waals surface area contributed by atoms with Gasteiger partial charge in [0.15, 0.2) is 11.5 Å². The van der Waals surface area contributed by atoms with Gasteiger partial charge in [0.25, 0.3) is 0 Å². The topological polar surface area (TPSA) is 85.7 Å². The Labute approximate surface area is 151 Å². The molecule has 2 aromatic rings. The van der Waals surface area contributed by atoms with Gasteiger partial charge < -0.3 is 29.1 Å². The van der Waals surface area contributed by atoms with E-state index in [1.165, 1.54) is 0 Å². The molecule has 2 heterocycles. The van der Waals surface area contributed by atoms with Gasteiger partial charge in [-0.1, -0.05) is 6.07 Å². The summed E-state index contributed by atoms with van der Waals surface area (Å²) in [6.45, 7) is 2.34. The zero-order valence-corrected chi connectivity index (χ0v) is 14.5. The number of hydrogen-bond acceptors (Lipinski definition) is 6. The Bertz CT molecular complexity index is 733. The van der Waals surface area contributed by atoms with Crippen molar-refractivity contribution in [1.29, 1.82) is 0 Å². The highest BCUT2D eigenvalue weighted by atomic mass is 16.7. The summed E-state index contributed by atoms with van der Waals surface area (Å²) in [6.07, 6.45) is 6.84. The molecule has 3 rings (SSSR count). The Morgan fingerprint density at radius 2 is 2.23 bits per heavy atom. The summed E-state index contributed by atoms with van der Waals surface area (Å²) >= 11 is 0. The monoisotopic (exact) mass is 358 g/mol. The van der Waals surface area contributed by atoms with Gasteiger partial charge in [0.05, 0.1) is 19.4 Å². The standard InChI is InChI=1S/C18H22N4O4/c23-9-8-22(6-1-5-21-7-4-19-13-21)18(24)12-20-11-15-2-3-16-17(10-15)26-14-25-16/h2-4,7,9-10,13,20H,1,5-6,8,11-12,14H2. The normalized spacial score (nSPS) is 12.2. The molecule has 0 bridgehead atoms. The van der Waals surface area contributed by atoms with Crippen molar-refractivity contribution >= 4 is 12.2 Å². The van der Waals surface area contributed by atoms with Gasteiger partial charge in [-0.15, -0.1) is 0 Å². The number of ether oxygens (including phenoxy) is 2. The first-order valence-corrected chi connectivity index (χ1v) is 8.52. The average molecular weight is 358 g/mol. The lowest BCUT2D eigenvalue weighted by atomic mass is 10.2. The molecule has 1 aliphatic heterocycles. The smallest absolute Gasteiger partial charge is 0.236 e. The Morgan fingerprint density at radius 1 is 1.35 bits per heavy atom. The predicted molar refractivity (Wildman–Crippen MR) is 93.8 cm³/mol. The molecule has 0 fully saturated rings. The van der Waals surface area contributed by atoms with Crippen LogP contribution in [0.15, 0.2) is 36.9 Å². The predicted octanol–water partition coefficient (Wildman–Crippen LogP) is 0.819. The van der Waals surface area contributed by atoms with E-state index in [0.29, 0.717) is 13.1 Å². The average Bonchev–Trinajstić information content (AvgIpc) is 3.32. The molecular weight excluding hydrogens is 336 g/mol. The Morgan fingerprint density at radius 3 is 3.04 bits per heavy atom. The maximum absolute atomic E-state index is 12.3. The summed E-state index contributed by atoms with van der Waals surface area (Å²) in [5, 5.41) is 3.12. The molecule has 1 aromatic heterocycles. The number of aldehydes is 1. The van der Waals surface area contributed by atoms with E-state index in [4.69, 9.17) is 9.47 Å². The van der Waals surface area contributed by atoms with Crippen molar-refractivity contribution in [2.24, 2.45) is 0 Å². The van der Waals surface area contributed by atoms with E-state index >= 15 is 0 Å². The Balaban J connectivity index is 1.42. The number of nitrogens with zero attached hydrogens (tertiary/aromatic N) is 3. The van der Waals surface area contributed by atoms with E-state index in [9.17, 15) is 9.59 Å². The molecule has 0 unspecified atom stereocenters. The Kier molecular flexibility index (Phi) is 6.21. The lowest BCUT2D eigenvalue weighted by Crippen LogP contribution is -2.40. The van der Waals surface area contributed by atoms with Crippen LogP contribution in [0.3, 0.4) is 0 Å². The molecule has 8 nitrogen and oxygen atoms in total. The molecule has 1 N–H and O–H groups in total. The van der Waals surface area contributed by atoms with E-state index in [-0.39, 0.29) is 25.8 Å². The van der Waals surface area contributed by atoms with Crippen LogP contribution in [-0.4, -0.2) is 53.1 Å². The number of carbonyl (C=O) groups excluding carboxylic acids is 2. The molecule has 1 amide bonds. The van der Waals surface area contributed by atoms with Crippen molar-refractivity contribution in [2.45, 2.75) is 19.5 Å². The van der Waals surface area contributed by atoms with Crippen molar-refractivity contribution in [3.8, 4) is 11.5 Å². The summed E-state index contributed by atoms with van der Waals surface area (Å²) in [5.74, 6) is 1.36. The highest BCUT2D eigenvalue weighted by Gasteiger charge is 2.14. The first kappa shape index (κ1) is 17.9. The van der Waals surface area contributed by atoms with Crippen molar-refractivity contribution in [2.75, 3.05) is 26.4 Å². The van der Waals surface area contributed by atoms with Crippen LogP contribution < -0.4 is 14.8 Å². The van der Waals surface area contributed by atoms with Crippen molar-refractivity contribution < 1.29 is 19.1 Å². The SMILES string of the molecule is O=CCN(CCCn1ccnc1)C(=O)CNCc1ccc2c(c1)OCO2. The minimum absolute atomic E-state index is 0.0940. The van der Waals surface area contributed by atoms with Crippen molar-refractivity contribution in [1.82, 2.24) is 19.8 Å². The molecule has 0 saturated heterocycles. The van der Waals surface area contributed by atoms with Crippen LogP contribution in [0.25, 0.3) is 0 Å². The van der Waals surface area contributed by atoms with Crippen molar-refractivity contribution in [3.63, 3.8) is 0 Å².